The molecule has 3 rings (SSSR count). The van der Waals surface area contributed by atoms with E-state index in [9.17, 15) is 4.79 Å². The van der Waals surface area contributed by atoms with E-state index < -0.39 is 5.25 Å². The number of halogens is 1. The second kappa shape index (κ2) is 8.99. The molecule has 0 fully saturated rings. The van der Waals surface area contributed by atoms with Crippen molar-refractivity contribution in [2.24, 2.45) is 0 Å². The number of carbonyl (C=O) groups is 1. The summed E-state index contributed by atoms with van der Waals surface area (Å²) in [6, 6.07) is 12.5. The number of methoxy groups -OCH3 is 2. The zero-order valence-corrected chi connectivity index (χ0v) is 17.1. The van der Waals surface area contributed by atoms with Crippen LogP contribution in [0.25, 0.3) is 5.69 Å². The molecule has 1 atom stereocenters. The number of nitrogens with zero attached hydrogens (tertiary/aromatic N) is 3. The number of nitrogens with one attached hydrogen (secondary N) is 1. The standard InChI is InChI=1S/C19H19ClN4O3S/c1-12(18(25)22-14-8-16(26-2)10-17(9-14)27-3)28-19-23-21-11-24(19)15-6-4-5-13(20)7-15/h4-12H,1-3H3,(H,22,25). The molecular formula is C19H19ClN4O3S. The molecule has 0 radical (unpaired) electrons. The lowest BCUT2D eigenvalue weighted by atomic mass is 10.2. The third kappa shape index (κ3) is 4.76. The number of thioether (sulfide) groups is 1. The highest BCUT2D eigenvalue weighted by atomic mass is 35.5. The van der Waals surface area contributed by atoms with Gasteiger partial charge in [0.25, 0.3) is 0 Å². The van der Waals surface area contributed by atoms with Crippen molar-refractivity contribution in [2.45, 2.75) is 17.3 Å². The van der Waals surface area contributed by atoms with E-state index >= 15 is 0 Å². The molecule has 146 valence electrons. The van der Waals surface area contributed by atoms with E-state index in [2.05, 4.69) is 15.5 Å². The number of hydrogen-bond donors (Lipinski definition) is 1. The summed E-state index contributed by atoms with van der Waals surface area (Å²) in [6.07, 6.45) is 1.59. The summed E-state index contributed by atoms with van der Waals surface area (Å²) in [7, 11) is 3.11. The number of anilines is 1. The normalized spacial score (nSPS) is 11.7. The van der Waals surface area contributed by atoms with E-state index in [1.165, 1.54) is 11.8 Å². The van der Waals surface area contributed by atoms with Gasteiger partial charge in [-0.2, -0.15) is 0 Å². The van der Waals surface area contributed by atoms with Crippen molar-refractivity contribution < 1.29 is 14.3 Å². The maximum absolute atomic E-state index is 12.6. The molecular weight excluding hydrogens is 400 g/mol. The van der Waals surface area contributed by atoms with Crippen molar-refractivity contribution in [3.8, 4) is 17.2 Å². The SMILES string of the molecule is COc1cc(NC(=O)C(C)Sc2nncn2-c2cccc(Cl)c2)cc(OC)c1. The van der Waals surface area contributed by atoms with E-state index in [0.717, 1.165) is 5.69 Å². The summed E-state index contributed by atoms with van der Waals surface area (Å²) in [6.45, 7) is 1.80. The Labute approximate surface area is 172 Å². The summed E-state index contributed by atoms with van der Waals surface area (Å²) in [5, 5.41) is 11.7. The van der Waals surface area contributed by atoms with Crippen molar-refractivity contribution in [3.05, 3.63) is 53.8 Å². The maximum atomic E-state index is 12.6. The van der Waals surface area contributed by atoms with Crippen LogP contribution < -0.4 is 14.8 Å². The van der Waals surface area contributed by atoms with Crippen LogP contribution in [-0.4, -0.2) is 40.1 Å². The molecule has 0 saturated heterocycles. The second-order valence-corrected chi connectivity index (χ2v) is 7.56. The second-order valence-electron chi connectivity index (χ2n) is 5.81. The Bertz CT molecular complexity index is 957. The van der Waals surface area contributed by atoms with Crippen LogP contribution >= 0.6 is 23.4 Å². The van der Waals surface area contributed by atoms with E-state index in [1.807, 2.05) is 18.2 Å². The Morgan fingerprint density at radius 1 is 1.18 bits per heavy atom. The number of ether oxygens (including phenoxy) is 2. The molecule has 0 aliphatic heterocycles. The van der Waals surface area contributed by atoms with Gasteiger partial charge in [0.05, 0.1) is 25.2 Å². The molecule has 0 aliphatic rings. The minimum atomic E-state index is -0.417. The molecule has 1 N–H and O–H groups in total. The molecule has 0 bridgehead atoms. The minimum absolute atomic E-state index is 0.180. The van der Waals surface area contributed by atoms with Gasteiger partial charge in [-0.3, -0.25) is 9.36 Å². The molecule has 1 unspecified atom stereocenters. The number of aromatic nitrogens is 3. The van der Waals surface area contributed by atoms with E-state index in [0.29, 0.717) is 27.4 Å². The minimum Gasteiger partial charge on any atom is -0.497 e. The number of hydrogen-bond acceptors (Lipinski definition) is 6. The zero-order chi connectivity index (χ0) is 20.1. The van der Waals surface area contributed by atoms with Crippen LogP contribution in [0.1, 0.15) is 6.92 Å². The maximum Gasteiger partial charge on any atom is 0.237 e. The quantitative estimate of drug-likeness (QED) is 0.583. The number of amides is 1. The van der Waals surface area contributed by atoms with Crippen LogP contribution in [0.5, 0.6) is 11.5 Å². The van der Waals surface area contributed by atoms with Gasteiger partial charge in [-0.05, 0) is 25.1 Å². The zero-order valence-electron chi connectivity index (χ0n) is 15.5. The summed E-state index contributed by atoms with van der Waals surface area (Å²) >= 11 is 7.36. The van der Waals surface area contributed by atoms with E-state index in [-0.39, 0.29) is 5.91 Å². The van der Waals surface area contributed by atoms with Crippen LogP contribution in [0.2, 0.25) is 5.02 Å². The number of carbonyl (C=O) groups excluding carboxylic acids is 1. The molecule has 9 heteroatoms. The van der Waals surface area contributed by atoms with E-state index in [1.54, 1.807) is 56.3 Å². The molecule has 0 spiro atoms. The molecule has 28 heavy (non-hydrogen) atoms. The van der Waals surface area contributed by atoms with Gasteiger partial charge in [0.15, 0.2) is 5.16 Å². The van der Waals surface area contributed by atoms with Gasteiger partial charge >= 0.3 is 0 Å². The summed E-state index contributed by atoms with van der Waals surface area (Å²) < 4.78 is 12.2. The number of rotatable bonds is 7. The van der Waals surface area contributed by atoms with Crippen molar-refractivity contribution in [2.75, 3.05) is 19.5 Å². The van der Waals surface area contributed by atoms with Crippen LogP contribution in [-0.2, 0) is 4.79 Å². The first kappa shape index (κ1) is 20.0. The Hall–Kier alpha value is -2.71. The highest BCUT2D eigenvalue weighted by Crippen LogP contribution is 2.28. The fraction of sp³-hybridized carbons (Fsp3) is 0.211. The third-order valence-corrected chi connectivity index (χ3v) is 5.17. The smallest absolute Gasteiger partial charge is 0.237 e. The first-order chi connectivity index (χ1) is 13.5. The predicted octanol–water partition coefficient (Wildman–Crippen LogP) is 4.06. The van der Waals surface area contributed by atoms with Gasteiger partial charge in [-0.1, -0.05) is 29.4 Å². The predicted molar refractivity (Wildman–Crippen MR) is 110 cm³/mol. The summed E-state index contributed by atoms with van der Waals surface area (Å²) in [4.78, 5) is 12.6. The largest absolute Gasteiger partial charge is 0.497 e. The fourth-order valence-electron chi connectivity index (χ4n) is 2.44. The Balaban J connectivity index is 1.73. The van der Waals surface area contributed by atoms with Crippen molar-refractivity contribution >= 4 is 35.0 Å². The van der Waals surface area contributed by atoms with E-state index in [4.69, 9.17) is 21.1 Å². The monoisotopic (exact) mass is 418 g/mol. The molecule has 3 aromatic rings. The Morgan fingerprint density at radius 2 is 1.89 bits per heavy atom. The van der Waals surface area contributed by atoms with Crippen LogP contribution in [0.15, 0.2) is 53.9 Å². The lowest BCUT2D eigenvalue weighted by Gasteiger charge is -2.14. The van der Waals surface area contributed by atoms with Crippen LogP contribution in [0.4, 0.5) is 5.69 Å². The van der Waals surface area contributed by atoms with Crippen molar-refractivity contribution in [3.63, 3.8) is 0 Å². The van der Waals surface area contributed by atoms with Gasteiger partial charge < -0.3 is 14.8 Å². The van der Waals surface area contributed by atoms with Gasteiger partial charge in [0.2, 0.25) is 5.91 Å². The molecule has 1 aromatic heterocycles. The average Bonchev–Trinajstić information content (AvgIpc) is 3.15. The summed E-state index contributed by atoms with van der Waals surface area (Å²) in [5.41, 5.74) is 1.41. The lowest BCUT2D eigenvalue weighted by Crippen LogP contribution is -2.23. The van der Waals surface area contributed by atoms with Gasteiger partial charge in [-0.25, -0.2) is 0 Å². The number of benzene rings is 2. The van der Waals surface area contributed by atoms with Gasteiger partial charge in [-0.15, -0.1) is 10.2 Å². The highest BCUT2D eigenvalue weighted by Gasteiger charge is 2.19. The third-order valence-electron chi connectivity index (χ3n) is 3.87. The molecule has 2 aromatic carbocycles. The molecule has 1 amide bonds. The topological polar surface area (TPSA) is 78.3 Å². The first-order valence-electron chi connectivity index (χ1n) is 8.36. The lowest BCUT2D eigenvalue weighted by molar-refractivity contribution is -0.115. The Morgan fingerprint density at radius 3 is 2.54 bits per heavy atom. The molecule has 0 saturated carbocycles. The highest BCUT2D eigenvalue weighted by molar-refractivity contribution is 8.00. The molecule has 1 heterocycles. The fourth-order valence-corrected chi connectivity index (χ4v) is 3.47. The van der Waals surface area contributed by atoms with Crippen molar-refractivity contribution in [1.82, 2.24) is 14.8 Å². The van der Waals surface area contributed by atoms with Gasteiger partial charge in [0, 0.05) is 28.9 Å². The first-order valence-corrected chi connectivity index (χ1v) is 9.62. The Kier molecular flexibility index (Phi) is 6.43. The molecule has 7 nitrogen and oxygen atoms in total. The average molecular weight is 419 g/mol. The van der Waals surface area contributed by atoms with Crippen molar-refractivity contribution in [1.29, 1.82) is 0 Å². The molecule has 0 aliphatic carbocycles. The van der Waals surface area contributed by atoms with Crippen LogP contribution in [0.3, 0.4) is 0 Å². The van der Waals surface area contributed by atoms with Crippen LogP contribution in [0, 0.1) is 0 Å². The summed E-state index contributed by atoms with van der Waals surface area (Å²) in [5.74, 6) is 1.01. The van der Waals surface area contributed by atoms with Gasteiger partial charge in [0.1, 0.15) is 17.8 Å².